The molecule has 5 rings (SSSR count). The predicted molar refractivity (Wildman–Crippen MR) is 132 cm³/mol. The standard InChI is InChI=1S/C25H25FN6OS/c1-34-21-10-4-17(5-11-21)13-27-25(33)18-3-2-12-31(14-18)24-22-15-32(30-23(22)28-16-29-24)20-8-6-19(26)7-9-20/h4-11,15-16,18H,2-3,12-14H2,1H3,(H,27,33). The molecule has 1 aliphatic heterocycles. The minimum Gasteiger partial charge on any atom is -0.355 e. The van der Waals surface area contributed by atoms with Crippen molar-refractivity contribution in [3.8, 4) is 5.69 Å². The van der Waals surface area contributed by atoms with Crippen molar-refractivity contribution in [1.82, 2.24) is 25.1 Å². The zero-order chi connectivity index (χ0) is 23.5. The monoisotopic (exact) mass is 476 g/mol. The Hall–Kier alpha value is -3.46. The highest BCUT2D eigenvalue weighted by atomic mass is 32.2. The molecular formula is C25H25FN6OS. The first kappa shape index (κ1) is 22.3. The van der Waals surface area contributed by atoms with Crippen LogP contribution in [0, 0.1) is 11.7 Å². The molecule has 9 heteroatoms. The normalized spacial score (nSPS) is 16.1. The van der Waals surface area contributed by atoms with Crippen LogP contribution < -0.4 is 10.2 Å². The smallest absolute Gasteiger partial charge is 0.225 e. The van der Waals surface area contributed by atoms with E-state index in [1.807, 2.05) is 12.5 Å². The third kappa shape index (κ3) is 4.75. The van der Waals surface area contributed by atoms with E-state index in [0.29, 0.717) is 18.7 Å². The number of benzene rings is 2. The van der Waals surface area contributed by atoms with Gasteiger partial charge >= 0.3 is 0 Å². The quantitative estimate of drug-likeness (QED) is 0.420. The van der Waals surface area contributed by atoms with E-state index in [1.165, 1.54) is 23.4 Å². The molecule has 1 fully saturated rings. The Kier molecular flexibility index (Phi) is 6.44. The van der Waals surface area contributed by atoms with Gasteiger partial charge in [0.25, 0.3) is 0 Å². The van der Waals surface area contributed by atoms with Crippen LogP contribution in [-0.4, -0.2) is 45.0 Å². The zero-order valence-corrected chi connectivity index (χ0v) is 19.6. The molecule has 1 unspecified atom stereocenters. The second-order valence-corrected chi connectivity index (χ2v) is 9.22. The third-order valence-corrected chi connectivity index (χ3v) is 6.85. The molecule has 0 radical (unpaired) electrons. The van der Waals surface area contributed by atoms with E-state index in [2.05, 4.69) is 49.5 Å². The van der Waals surface area contributed by atoms with Crippen molar-refractivity contribution >= 4 is 34.5 Å². The second kappa shape index (κ2) is 9.80. The fourth-order valence-electron chi connectivity index (χ4n) is 4.26. The second-order valence-electron chi connectivity index (χ2n) is 8.34. The molecule has 0 bridgehead atoms. The van der Waals surface area contributed by atoms with Crippen molar-refractivity contribution in [3.05, 3.63) is 72.4 Å². The topological polar surface area (TPSA) is 75.9 Å². The lowest BCUT2D eigenvalue weighted by molar-refractivity contribution is -0.125. The lowest BCUT2D eigenvalue weighted by Gasteiger charge is -2.33. The van der Waals surface area contributed by atoms with Crippen LogP contribution in [0.3, 0.4) is 0 Å². The Labute approximate surface area is 201 Å². The van der Waals surface area contributed by atoms with Crippen molar-refractivity contribution in [2.45, 2.75) is 24.3 Å². The first-order chi connectivity index (χ1) is 16.6. The Balaban J connectivity index is 1.30. The first-order valence-electron chi connectivity index (χ1n) is 11.2. The van der Waals surface area contributed by atoms with Crippen LogP contribution in [0.4, 0.5) is 10.2 Å². The Morgan fingerprint density at radius 2 is 1.94 bits per heavy atom. The largest absolute Gasteiger partial charge is 0.355 e. The molecule has 1 aliphatic rings. The molecule has 34 heavy (non-hydrogen) atoms. The summed E-state index contributed by atoms with van der Waals surface area (Å²) in [4.78, 5) is 25.1. The van der Waals surface area contributed by atoms with E-state index in [-0.39, 0.29) is 17.6 Å². The van der Waals surface area contributed by atoms with Crippen LogP contribution in [0.15, 0.2) is 66.0 Å². The van der Waals surface area contributed by atoms with Gasteiger partial charge in [-0.15, -0.1) is 16.9 Å². The number of nitrogens with zero attached hydrogens (tertiary/aromatic N) is 5. The number of piperidine rings is 1. The highest BCUT2D eigenvalue weighted by Crippen LogP contribution is 2.28. The molecule has 7 nitrogen and oxygen atoms in total. The number of nitrogens with one attached hydrogen (secondary N) is 1. The van der Waals surface area contributed by atoms with Crippen molar-refractivity contribution in [2.24, 2.45) is 5.92 Å². The molecule has 1 amide bonds. The number of aromatic nitrogens is 4. The summed E-state index contributed by atoms with van der Waals surface area (Å²) >= 11 is 1.70. The fraction of sp³-hybridized carbons (Fsp3) is 0.280. The molecule has 0 saturated carbocycles. The van der Waals surface area contributed by atoms with Crippen LogP contribution in [0.2, 0.25) is 0 Å². The maximum absolute atomic E-state index is 13.3. The van der Waals surface area contributed by atoms with Gasteiger partial charge in [0, 0.05) is 30.7 Å². The maximum Gasteiger partial charge on any atom is 0.225 e. The van der Waals surface area contributed by atoms with Gasteiger partial charge in [-0.2, -0.15) is 0 Å². The van der Waals surface area contributed by atoms with Gasteiger partial charge in [-0.05, 0) is 61.1 Å². The van der Waals surface area contributed by atoms with E-state index in [1.54, 1.807) is 28.6 Å². The number of anilines is 1. The van der Waals surface area contributed by atoms with Crippen molar-refractivity contribution in [1.29, 1.82) is 0 Å². The lowest BCUT2D eigenvalue weighted by atomic mass is 9.97. The molecule has 2 aromatic carbocycles. The van der Waals surface area contributed by atoms with E-state index in [4.69, 9.17) is 0 Å². The predicted octanol–water partition coefficient (Wildman–Crippen LogP) is 4.21. The summed E-state index contributed by atoms with van der Waals surface area (Å²) in [6.45, 7) is 1.92. The number of hydrogen-bond acceptors (Lipinski definition) is 6. The van der Waals surface area contributed by atoms with Crippen molar-refractivity contribution in [3.63, 3.8) is 0 Å². The van der Waals surface area contributed by atoms with Gasteiger partial charge in [-0.1, -0.05) is 12.1 Å². The number of halogens is 1. The average molecular weight is 477 g/mol. The molecule has 4 aromatic rings. The van der Waals surface area contributed by atoms with Crippen LogP contribution in [0.25, 0.3) is 16.7 Å². The van der Waals surface area contributed by atoms with Gasteiger partial charge in [-0.25, -0.2) is 19.0 Å². The minimum atomic E-state index is -0.296. The molecule has 174 valence electrons. The summed E-state index contributed by atoms with van der Waals surface area (Å²) in [5, 5.41) is 8.43. The van der Waals surface area contributed by atoms with Gasteiger partial charge in [0.15, 0.2) is 5.65 Å². The molecule has 0 aliphatic carbocycles. The van der Waals surface area contributed by atoms with E-state index >= 15 is 0 Å². The summed E-state index contributed by atoms with van der Waals surface area (Å²) < 4.78 is 15.0. The molecule has 3 heterocycles. The third-order valence-electron chi connectivity index (χ3n) is 6.10. The van der Waals surface area contributed by atoms with Crippen LogP contribution in [-0.2, 0) is 11.3 Å². The first-order valence-corrected chi connectivity index (χ1v) is 12.4. The molecule has 0 spiro atoms. The molecule has 2 aromatic heterocycles. The Morgan fingerprint density at radius 3 is 2.71 bits per heavy atom. The maximum atomic E-state index is 13.3. The van der Waals surface area contributed by atoms with Gasteiger partial charge in [0.2, 0.25) is 5.91 Å². The summed E-state index contributed by atoms with van der Waals surface area (Å²) in [6, 6.07) is 14.4. The highest BCUT2D eigenvalue weighted by Gasteiger charge is 2.28. The lowest BCUT2D eigenvalue weighted by Crippen LogP contribution is -2.43. The Morgan fingerprint density at radius 1 is 1.15 bits per heavy atom. The van der Waals surface area contributed by atoms with Crippen molar-refractivity contribution < 1.29 is 9.18 Å². The van der Waals surface area contributed by atoms with Crippen molar-refractivity contribution in [2.75, 3.05) is 24.2 Å². The van der Waals surface area contributed by atoms with E-state index in [9.17, 15) is 9.18 Å². The molecular weight excluding hydrogens is 451 g/mol. The van der Waals surface area contributed by atoms with Gasteiger partial charge in [-0.3, -0.25) is 4.79 Å². The van der Waals surface area contributed by atoms with E-state index in [0.717, 1.165) is 41.8 Å². The molecule has 1 N–H and O–H groups in total. The highest BCUT2D eigenvalue weighted by molar-refractivity contribution is 7.98. The number of fused-ring (bicyclic) bond motifs is 1. The molecule has 1 atom stereocenters. The summed E-state index contributed by atoms with van der Waals surface area (Å²) in [6.07, 6.45) is 7.15. The van der Waals surface area contributed by atoms with E-state index < -0.39 is 0 Å². The number of thioether (sulfide) groups is 1. The number of carbonyl (C=O) groups is 1. The van der Waals surface area contributed by atoms with Crippen LogP contribution in [0.5, 0.6) is 0 Å². The minimum absolute atomic E-state index is 0.0611. The number of rotatable bonds is 6. The number of hydrogen-bond donors (Lipinski definition) is 1. The summed E-state index contributed by atoms with van der Waals surface area (Å²) in [5.41, 5.74) is 2.39. The fourth-order valence-corrected chi connectivity index (χ4v) is 4.67. The Bertz CT molecular complexity index is 1290. The molecule has 1 saturated heterocycles. The SMILES string of the molecule is CSc1ccc(CNC(=O)C2CCCN(c3ncnc4nn(-c5ccc(F)cc5)cc34)C2)cc1. The number of carbonyl (C=O) groups excluding carboxylic acids is 1. The number of amides is 1. The summed E-state index contributed by atoms with van der Waals surface area (Å²) in [5.74, 6) is 0.418. The summed E-state index contributed by atoms with van der Waals surface area (Å²) in [7, 11) is 0. The van der Waals surface area contributed by atoms with Gasteiger partial charge in [0.05, 0.1) is 17.0 Å². The van der Waals surface area contributed by atoms with Crippen LogP contribution >= 0.6 is 11.8 Å². The van der Waals surface area contributed by atoms with Gasteiger partial charge < -0.3 is 10.2 Å². The average Bonchev–Trinajstić information content (AvgIpc) is 3.32. The zero-order valence-electron chi connectivity index (χ0n) is 18.8. The van der Waals surface area contributed by atoms with Gasteiger partial charge in [0.1, 0.15) is 18.0 Å². The van der Waals surface area contributed by atoms with Crippen LogP contribution in [0.1, 0.15) is 18.4 Å².